The second kappa shape index (κ2) is 3.47. The van der Waals surface area contributed by atoms with Gasteiger partial charge in [0.05, 0.1) is 0 Å². The van der Waals surface area contributed by atoms with Crippen molar-refractivity contribution in [3.8, 4) is 0 Å². The molecule has 7 rings (SSSR count). The normalized spacial score (nSPS) is 41.0. The number of fused-ring (bicyclic) bond motifs is 1. The first-order chi connectivity index (χ1) is 10.3. The van der Waals surface area contributed by atoms with Crippen molar-refractivity contribution in [1.29, 1.82) is 0 Å². The summed E-state index contributed by atoms with van der Waals surface area (Å²) in [4.78, 5) is 0. The van der Waals surface area contributed by atoms with E-state index < -0.39 is 0 Å². The molecule has 0 saturated heterocycles. The highest BCUT2D eigenvalue weighted by Gasteiger charge is 2.71. The van der Waals surface area contributed by atoms with E-state index in [1.54, 1.807) is 16.7 Å². The molecule has 0 aromatic heterocycles. The van der Waals surface area contributed by atoms with Crippen LogP contribution >= 0.6 is 0 Å². The van der Waals surface area contributed by atoms with Crippen LogP contribution in [0.3, 0.4) is 0 Å². The van der Waals surface area contributed by atoms with Crippen LogP contribution in [0.5, 0.6) is 0 Å². The van der Waals surface area contributed by atoms with Gasteiger partial charge in [-0.2, -0.15) is 0 Å². The van der Waals surface area contributed by atoms with Crippen LogP contribution in [0, 0.1) is 23.2 Å². The highest BCUT2D eigenvalue weighted by molar-refractivity contribution is 5.66. The van der Waals surface area contributed by atoms with Gasteiger partial charge in [0, 0.05) is 5.41 Å². The maximum atomic E-state index is 2.50. The Morgan fingerprint density at radius 1 is 0.952 bits per heavy atom. The van der Waals surface area contributed by atoms with Crippen molar-refractivity contribution in [1.82, 2.24) is 0 Å². The summed E-state index contributed by atoms with van der Waals surface area (Å²) >= 11 is 0. The molecule has 5 saturated carbocycles. The average Bonchev–Trinajstić information content (AvgIpc) is 3.14. The molecule has 21 heavy (non-hydrogen) atoms. The van der Waals surface area contributed by atoms with Crippen LogP contribution < -0.4 is 0 Å². The van der Waals surface area contributed by atoms with Gasteiger partial charge in [0.15, 0.2) is 0 Å². The van der Waals surface area contributed by atoms with E-state index in [1.807, 2.05) is 5.92 Å². The molecule has 107 valence electrons. The topological polar surface area (TPSA) is 0 Å². The summed E-state index contributed by atoms with van der Waals surface area (Å²) in [6, 6.07) is 7.20. The maximum Gasteiger partial charge on any atom is 0.00262 e. The highest BCUT2D eigenvalue weighted by Crippen LogP contribution is 2.78. The minimum absolute atomic E-state index is 0.534. The fraction of sp³-hybridized carbons (Fsp3) is 0.571. The molecule has 1 radical (unpaired) electrons. The molecule has 0 aliphatic heterocycles. The Morgan fingerprint density at radius 2 is 1.76 bits per heavy atom. The van der Waals surface area contributed by atoms with E-state index in [2.05, 4.69) is 30.4 Å². The zero-order valence-electron chi connectivity index (χ0n) is 12.7. The number of benzene rings is 1. The van der Waals surface area contributed by atoms with Gasteiger partial charge in [-0.1, -0.05) is 30.4 Å². The molecule has 0 N–H and O–H groups in total. The number of hydrogen-bond acceptors (Lipinski definition) is 0. The minimum atomic E-state index is 0.534. The minimum Gasteiger partial charge on any atom is -0.0795 e. The van der Waals surface area contributed by atoms with Gasteiger partial charge in [-0.05, 0) is 91.2 Å². The first-order valence-corrected chi connectivity index (χ1v) is 8.95. The van der Waals surface area contributed by atoms with E-state index in [-0.39, 0.29) is 0 Å². The molecule has 2 unspecified atom stereocenters. The van der Waals surface area contributed by atoms with Crippen LogP contribution in [0.15, 0.2) is 24.3 Å². The van der Waals surface area contributed by atoms with Crippen molar-refractivity contribution in [3.63, 3.8) is 0 Å². The summed E-state index contributed by atoms with van der Waals surface area (Å²) in [6.07, 6.45) is 16.5. The third-order valence-electron chi connectivity index (χ3n) is 7.69. The van der Waals surface area contributed by atoms with Crippen LogP contribution in [-0.2, 0) is 11.8 Å². The summed E-state index contributed by atoms with van der Waals surface area (Å²) < 4.78 is 0. The molecule has 6 aliphatic rings. The van der Waals surface area contributed by atoms with Crippen LogP contribution in [0.1, 0.15) is 61.6 Å². The number of rotatable bonds is 1. The molecule has 2 atom stereocenters. The summed E-state index contributed by atoms with van der Waals surface area (Å²) in [6.45, 7) is 0. The van der Waals surface area contributed by atoms with E-state index >= 15 is 0 Å². The summed E-state index contributed by atoms with van der Waals surface area (Å²) in [5, 5.41) is 0. The fourth-order valence-corrected chi connectivity index (χ4v) is 7.06. The SMILES string of the molecule is C1=Cc2c(cccc2C23CC4C[C](CC(C4)C2)C32CC2)C1. The summed E-state index contributed by atoms with van der Waals surface area (Å²) in [5.41, 5.74) is 6.13. The van der Waals surface area contributed by atoms with E-state index in [1.165, 1.54) is 44.9 Å². The number of allylic oxidation sites excluding steroid dienone is 1. The zero-order valence-corrected chi connectivity index (χ0v) is 12.7. The second-order valence-corrected chi connectivity index (χ2v) is 8.54. The molecular weight excluding hydrogens is 252 g/mol. The van der Waals surface area contributed by atoms with Crippen LogP contribution in [0.25, 0.3) is 6.08 Å². The van der Waals surface area contributed by atoms with Gasteiger partial charge in [0.1, 0.15) is 0 Å². The molecule has 1 aromatic rings. The molecule has 0 amide bonds. The first-order valence-electron chi connectivity index (χ1n) is 8.95. The fourth-order valence-electron chi connectivity index (χ4n) is 7.06. The van der Waals surface area contributed by atoms with Crippen molar-refractivity contribution in [2.24, 2.45) is 17.3 Å². The van der Waals surface area contributed by atoms with Crippen molar-refractivity contribution in [2.45, 2.75) is 56.8 Å². The molecular formula is C21H23. The number of hydrogen-bond donors (Lipinski definition) is 0. The van der Waals surface area contributed by atoms with Gasteiger partial charge in [0.2, 0.25) is 0 Å². The summed E-state index contributed by atoms with van der Waals surface area (Å²) in [5.74, 6) is 4.03. The van der Waals surface area contributed by atoms with Gasteiger partial charge >= 0.3 is 0 Å². The van der Waals surface area contributed by atoms with Crippen molar-refractivity contribution < 1.29 is 0 Å². The molecule has 6 aliphatic carbocycles. The van der Waals surface area contributed by atoms with E-state index in [4.69, 9.17) is 0 Å². The Labute approximate surface area is 127 Å². The van der Waals surface area contributed by atoms with Gasteiger partial charge in [-0.3, -0.25) is 0 Å². The van der Waals surface area contributed by atoms with Crippen LogP contribution in [0.4, 0.5) is 0 Å². The predicted molar refractivity (Wildman–Crippen MR) is 85.8 cm³/mol. The van der Waals surface area contributed by atoms with Crippen LogP contribution in [0.2, 0.25) is 0 Å². The monoisotopic (exact) mass is 275 g/mol. The van der Waals surface area contributed by atoms with Crippen molar-refractivity contribution in [3.05, 3.63) is 46.9 Å². The molecule has 0 heterocycles. The second-order valence-electron chi connectivity index (χ2n) is 8.54. The van der Waals surface area contributed by atoms with Gasteiger partial charge in [-0.15, -0.1) is 0 Å². The Hall–Kier alpha value is -1.04. The largest absolute Gasteiger partial charge is 0.0795 e. The molecule has 1 spiro atoms. The lowest BCUT2D eigenvalue weighted by Crippen LogP contribution is -2.56. The van der Waals surface area contributed by atoms with Crippen molar-refractivity contribution >= 4 is 6.08 Å². The van der Waals surface area contributed by atoms with E-state index in [0.29, 0.717) is 10.8 Å². The molecule has 4 bridgehead atoms. The van der Waals surface area contributed by atoms with E-state index in [9.17, 15) is 0 Å². The van der Waals surface area contributed by atoms with E-state index in [0.717, 1.165) is 18.3 Å². The zero-order chi connectivity index (χ0) is 13.7. The maximum absolute atomic E-state index is 2.50. The lowest BCUT2D eigenvalue weighted by Gasteiger charge is -2.63. The van der Waals surface area contributed by atoms with Gasteiger partial charge in [-0.25, -0.2) is 0 Å². The summed E-state index contributed by atoms with van der Waals surface area (Å²) in [7, 11) is 0. The molecule has 5 fully saturated rings. The molecule has 0 nitrogen and oxygen atoms in total. The van der Waals surface area contributed by atoms with Crippen LogP contribution in [-0.4, -0.2) is 0 Å². The lowest BCUT2D eigenvalue weighted by molar-refractivity contribution is -0.00242. The van der Waals surface area contributed by atoms with Gasteiger partial charge < -0.3 is 0 Å². The smallest absolute Gasteiger partial charge is 0.00262 e. The third kappa shape index (κ3) is 1.22. The first kappa shape index (κ1) is 11.5. The van der Waals surface area contributed by atoms with Crippen molar-refractivity contribution in [2.75, 3.05) is 0 Å². The van der Waals surface area contributed by atoms with Gasteiger partial charge in [0.25, 0.3) is 0 Å². The predicted octanol–water partition coefficient (Wildman–Crippen LogP) is 5.07. The Balaban J connectivity index is 1.60. The third-order valence-corrected chi connectivity index (χ3v) is 7.69. The average molecular weight is 275 g/mol. The molecule has 1 aromatic carbocycles. The Kier molecular flexibility index (Phi) is 1.91. The Bertz CT molecular complexity index is 647. The highest BCUT2D eigenvalue weighted by atomic mass is 14.7. The standard InChI is InChI=1S/C21H23/c1-3-16-4-2-6-19(18(16)5-1)21-12-14-9-15(13-21)11-17(10-14)20(21)7-8-20/h1-2,4-6,14-15H,3,7-13H2. The lowest BCUT2D eigenvalue weighted by atomic mass is 9.41. The quantitative estimate of drug-likeness (QED) is 0.671. The Morgan fingerprint density at radius 3 is 2.52 bits per heavy atom. The molecule has 0 heteroatoms.